The summed E-state index contributed by atoms with van der Waals surface area (Å²) in [5.74, 6) is -1.27. The van der Waals surface area contributed by atoms with Gasteiger partial charge in [-0.05, 0) is 80.5 Å². The number of halogens is 2. The van der Waals surface area contributed by atoms with E-state index in [-0.39, 0.29) is 11.5 Å². The maximum absolute atomic E-state index is 14.7. The van der Waals surface area contributed by atoms with Gasteiger partial charge in [0.2, 0.25) is 0 Å². The Kier molecular flexibility index (Phi) is 7.10. The number of anilines is 1. The number of allylic oxidation sites excluding steroid dienone is 1. The van der Waals surface area contributed by atoms with Crippen LogP contribution in [0.2, 0.25) is 5.02 Å². The average molecular weight is 478 g/mol. The maximum Gasteiger partial charge on any atom is 0.161 e. The van der Waals surface area contributed by atoms with Gasteiger partial charge in [-0.15, -0.1) is 0 Å². The van der Waals surface area contributed by atoms with E-state index in [0.717, 1.165) is 24.2 Å². The summed E-state index contributed by atoms with van der Waals surface area (Å²) in [7, 11) is -3.67. The molecule has 1 aliphatic carbocycles. The highest BCUT2D eigenvalue weighted by molar-refractivity contribution is 7.93. The molecule has 0 bridgehead atoms. The Bertz CT molecular complexity index is 1150. The van der Waals surface area contributed by atoms with Crippen LogP contribution in [0.3, 0.4) is 0 Å². The summed E-state index contributed by atoms with van der Waals surface area (Å²) < 4.78 is 39.4. The van der Waals surface area contributed by atoms with E-state index in [2.05, 4.69) is 10.3 Å². The quantitative estimate of drug-likeness (QED) is 0.420. The van der Waals surface area contributed by atoms with Crippen LogP contribution in [0.25, 0.3) is 5.70 Å². The molecular weight excluding hydrogens is 449 g/mol. The predicted molar refractivity (Wildman–Crippen MR) is 130 cm³/mol. The van der Waals surface area contributed by atoms with Gasteiger partial charge in [-0.3, -0.25) is 4.98 Å². The van der Waals surface area contributed by atoms with Crippen molar-refractivity contribution >= 4 is 38.5 Å². The molecule has 3 rings (SSSR count). The molecule has 1 aromatic carbocycles. The van der Waals surface area contributed by atoms with Crippen LogP contribution in [0.4, 0.5) is 10.1 Å². The van der Waals surface area contributed by atoms with Gasteiger partial charge in [0.25, 0.3) is 0 Å². The molecule has 1 fully saturated rings. The van der Waals surface area contributed by atoms with Gasteiger partial charge in [-0.2, -0.15) is 0 Å². The fourth-order valence-corrected chi connectivity index (χ4v) is 5.44. The standard InChI is InChI=1S/C24H29ClFN3O2S/c1-5-22(27)24(3,4)32(30,31)14-15(2)19-12-18(9-10-20(19)26)29-23(16-6-7-16)21-11-8-17(25)13-28-21/h8-13,15,27,29H,5-7,14H2,1-4H3. The summed E-state index contributed by atoms with van der Waals surface area (Å²) in [5, 5.41) is 11.9. The first kappa shape index (κ1) is 24.4. The lowest BCUT2D eigenvalue weighted by Crippen LogP contribution is -2.42. The van der Waals surface area contributed by atoms with Gasteiger partial charge in [0, 0.05) is 17.6 Å². The molecule has 1 unspecified atom stereocenters. The smallest absolute Gasteiger partial charge is 0.161 e. The third kappa shape index (κ3) is 5.21. The van der Waals surface area contributed by atoms with Crippen LogP contribution >= 0.6 is 11.6 Å². The molecule has 2 N–H and O–H groups in total. The molecule has 1 heterocycles. The van der Waals surface area contributed by atoms with Crippen molar-refractivity contribution in [3.63, 3.8) is 0 Å². The Labute approximate surface area is 194 Å². The monoisotopic (exact) mass is 477 g/mol. The van der Waals surface area contributed by atoms with Crippen LogP contribution in [0.1, 0.15) is 64.1 Å². The Morgan fingerprint density at radius 2 is 1.97 bits per heavy atom. The van der Waals surface area contributed by atoms with E-state index in [0.29, 0.717) is 22.7 Å². The van der Waals surface area contributed by atoms with E-state index in [1.165, 1.54) is 11.6 Å². The van der Waals surface area contributed by atoms with E-state index in [1.807, 2.05) is 6.07 Å². The van der Waals surface area contributed by atoms with E-state index in [1.54, 1.807) is 52.1 Å². The molecule has 5 nitrogen and oxygen atoms in total. The predicted octanol–water partition coefficient (Wildman–Crippen LogP) is 6.22. The normalized spacial score (nSPS) is 14.8. The van der Waals surface area contributed by atoms with E-state index < -0.39 is 26.3 Å². The number of hydrogen-bond acceptors (Lipinski definition) is 5. The minimum atomic E-state index is -3.67. The second-order valence-corrected chi connectivity index (χ2v) is 11.7. The highest BCUT2D eigenvalue weighted by Gasteiger charge is 2.38. The summed E-state index contributed by atoms with van der Waals surface area (Å²) in [6, 6.07) is 8.25. The first-order valence-corrected chi connectivity index (χ1v) is 12.7. The fraction of sp³-hybridized carbons (Fsp3) is 0.417. The second-order valence-electron chi connectivity index (χ2n) is 8.73. The second kappa shape index (κ2) is 9.32. The van der Waals surface area contributed by atoms with Crippen molar-refractivity contribution in [2.45, 2.75) is 57.6 Å². The van der Waals surface area contributed by atoms with E-state index >= 15 is 0 Å². The Morgan fingerprint density at radius 1 is 1.28 bits per heavy atom. The number of nitrogens with one attached hydrogen (secondary N) is 2. The summed E-state index contributed by atoms with van der Waals surface area (Å²) >= 11 is 5.96. The zero-order valence-electron chi connectivity index (χ0n) is 18.8. The van der Waals surface area contributed by atoms with Gasteiger partial charge in [0.15, 0.2) is 9.84 Å². The number of benzene rings is 1. The molecular formula is C24H29ClFN3O2S. The van der Waals surface area contributed by atoms with Gasteiger partial charge in [-0.25, -0.2) is 12.8 Å². The van der Waals surface area contributed by atoms with Crippen molar-refractivity contribution in [1.82, 2.24) is 4.98 Å². The number of aromatic nitrogens is 1. The molecule has 2 aromatic rings. The van der Waals surface area contributed by atoms with Gasteiger partial charge < -0.3 is 10.7 Å². The fourth-order valence-electron chi connectivity index (χ4n) is 3.55. The average Bonchev–Trinajstić information content (AvgIpc) is 3.57. The lowest BCUT2D eigenvalue weighted by molar-refractivity contribution is 0.564. The zero-order valence-corrected chi connectivity index (χ0v) is 20.4. The molecule has 0 saturated heterocycles. The zero-order chi connectivity index (χ0) is 23.7. The number of nitrogens with zero attached hydrogens (tertiary/aromatic N) is 1. The lowest BCUT2D eigenvalue weighted by Gasteiger charge is -2.27. The highest BCUT2D eigenvalue weighted by Crippen LogP contribution is 2.37. The van der Waals surface area contributed by atoms with Crippen LogP contribution in [-0.4, -0.2) is 29.6 Å². The first-order valence-electron chi connectivity index (χ1n) is 10.7. The van der Waals surface area contributed by atoms with Gasteiger partial charge >= 0.3 is 0 Å². The molecule has 0 amide bonds. The molecule has 32 heavy (non-hydrogen) atoms. The number of hydrogen-bond donors (Lipinski definition) is 2. The summed E-state index contributed by atoms with van der Waals surface area (Å²) in [5.41, 5.74) is 3.98. The van der Waals surface area contributed by atoms with Crippen molar-refractivity contribution in [1.29, 1.82) is 5.41 Å². The molecule has 0 radical (unpaired) electrons. The minimum absolute atomic E-state index is 0.150. The van der Waals surface area contributed by atoms with Crippen molar-refractivity contribution in [2.75, 3.05) is 11.1 Å². The van der Waals surface area contributed by atoms with E-state index in [9.17, 15) is 12.8 Å². The maximum atomic E-state index is 14.7. The molecule has 1 aromatic heterocycles. The highest BCUT2D eigenvalue weighted by atomic mass is 35.5. The van der Waals surface area contributed by atoms with Crippen LogP contribution in [-0.2, 0) is 9.84 Å². The topological polar surface area (TPSA) is 82.9 Å². The Morgan fingerprint density at radius 3 is 2.53 bits per heavy atom. The Hall–Kier alpha value is -2.25. The van der Waals surface area contributed by atoms with Crippen molar-refractivity contribution in [2.24, 2.45) is 0 Å². The van der Waals surface area contributed by atoms with Gasteiger partial charge in [-0.1, -0.05) is 25.4 Å². The molecule has 8 heteroatoms. The van der Waals surface area contributed by atoms with E-state index in [4.69, 9.17) is 17.0 Å². The minimum Gasteiger partial charge on any atom is -0.354 e. The van der Waals surface area contributed by atoms with Crippen molar-refractivity contribution < 1.29 is 12.8 Å². The summed E-state index contributed by atoms with van der Waals surface area (Å²) in [6.07, 6.45) is 3.87. The van der Waals surface area contributed by atoms with Gasteiger partial charge in [0.1, 0.15) is 10.6 Å². The largest absolute Gasteiger partial charge is 0.354 e. The Balaban J connectivity index is 1.86. The number of sulfone groups is 1. The number of pyridine rings is 1. The van der Waals surface area contributed by atoms with Crippen molar-refractivity contribution in [3.05, 3.63) is 64.2 Å². The summed E-state index contributed by atoms with van der Waals surface area (Å²) in [6.45, 7) is 6.55. The third-order valence-corrected chi connectivity index (χ3v) is 8.92. The summed E-state index contributed by atoms with van der Waals surface area (Å²) in [4.78, 5) is 4.39. The molecule has 1 saturated carbocycles. The number of rotatable bonds is 9. The molecule has 0 aliphatic heterocycles. The van der Waals surface area contributed by atoms with Crippen LogP contribution < -0.4 is 5.32 Å². The third-order valence-electron chi connectivity index (χ3n) is 5.96. The lowest BCUT2D eigenvalue weighted by atomic mass is 10.0. The van der Waals surface area contributed by atoms with Crippen LogP contribution in [0.15, 0.2) is 42.1 Å². The molecule has 0 spiro atoms. The first-order chi connectivity index (χ1) is 15.0. The van der Waals surface area contributed by atoms with Crippen LogP contribution in [0, 0.1) is 11.2 Å². The van der Waals surface area contributed by atoms with Gasteiger partial charge in [0.05, 0.1) is 22.2 Å². The SMILES string of the molecule is CCC(=N)C(C)(C)S(=O)(=O)CC(C)c1cc(NC(=C2CC2)c2ccc(Cl)cn2)ccc1F. The molecule has 1 atom stereocenters. The molecule has 172 valence electrons. The van der Waals surface area contributed by atoms with Crippen molar-refractivity contribution in [3.8, 4) is 0 Å². The molecule has 1 aliphatic rings. The van der Waals surface area contributed by atoms with Crippen LogP contribution in [0.5, 0.6) is 0 Å².